The molecule has 0 heterocycles. The van der Waals surface area contributed by atoms with Crippen molar-refractivity contribution in [3.63, 3.8) is 0 Å². The van der Waals surface area contributed by atoms with Gasteiger partial charge in [-0.1, -0.05) is 15.9 Å². The maximum atomic E-state index is 5.19. The molecule has 0 fully saturated rings. The first kappa shape index (κ1) is 13.1. The predicted octanol–water partition coefficient (Wildman–Crippen LogP) is 4.80. The minimum atomic E-state index is 0.804. The van der Waals surface area contributed by atoms with E-state index in [1.165, 1.54) is 0 Å². The van der Waals surface area contributed by atoms with E-state index in [1.54, 1.807) is 0 Å². The molecule has 80 valence electrons. The second-order valence-corrected chi connectivity index (χ2v) is 5.60. The van der Waals surface area contributed by atoms with Gasteiger partial charge in [-0.05, 0) is 50.4 Å². The van der Waals surface area contributed by atoms with Gasteiger partial charge in [-0.3, -0.25) is 0 Å². The van der Waals surface area contributed by atoms with Crippen LogP contribution in [0.15, 0.2) is 25.6 Å². The summed E-state index contributed by atoms with van der Waals surface area (Å²) in [5.41, 5.74) is 1.07. The molecular formula is C11H10Br3N. The van der Waals surface area contributed by atoms with Crippen molar-refractivity contribution < 1.29 is 0 Å². The summed E-state index contributed by atoms with van der Waals surface area (Å²) in [6.45, 7) is 0.878. The Morgan fingerprint density at radius 2 is 1.80 bits per heavy atom. The summed E-state index contributed by atoms with van der Waals surface area (Å²) in [6, 6.07) is 4.02. The molecular weight excluding hydrogens is 386 g/mol. The van der Waals surface area contributed by atoms with Gasteiger partial charge in [-0.25, -0.2) is 0 Å². The Labute approximate surface area is 115 Å². The highest BCUT2D eigenvalue weighted by molar-refractivity contribution is 9.11. The van der Waals surface area contributed by atoms with Crippen molar-refractivity contribution in [2.24, 2.45) is 0 Å². The number of terminal acetylenes is 1. The number of rotatable bonds is 4. The van der Waals surface area contributed by atoms with Gasteiger partial charge in [0, 0.05) is 26.4 Å². The molecule has 0 aliphatic rings. The molecule has 15 heavy (non-hydrogen) atoms. The van der Waals surface area contributed by atoms with E-state index in [4.69, 9.17) is 6.42 Å². The highest BCUT2D eigenvalue weighted by atomic mass is 79.9. The Morgan fingerprint density at radius 3 is 2.33 bits per heavy atom. The zero-order valence-corrected chi connectivity index (χ0v) is 12.7. The number of nitrogens with one attached hydrogen (secondary N) is 1. The zero-order chi connectivity index (χ0) is 11.3. The molecule has 0 atom stereocenters. The third-order valence-corrected chi connectivity index (χ3v) is 3.52. The molecule has 0 radical (unpaired) electrons. The summed E-state index contributed by atoms with van der Waals surface area (Å²) in [5.74, 6) is 2.62. The van der Waals surface area contributed by atoms with Crippen molar-refractivity contribution in [2.45, 2.75) is 12.8 Å². The predicted molar refractivity (Wildman–Crippen MR) is 76.1 cm³/mol. The lowest BCUT2D eigenvalue weighted by molar-refractivity contribution is 0.906. The normalized spacial score (nSPS) is 9.73. The average Bonchev–Trinajstić information content (AvgIpc) is 2.15. The van der Waals surface area contributed by atoms with Gasteiger partial charge in [-0.15, -0.1) is 12.3 Å². The molecule has 1 rings (SSSR count). The van der Waals surface area contributed by atoms with E-state index in [2.05, 4.69) is 59.0 Å². The van der Waals surface area contributed by atoms with E-state index in [9.17, 15) is 0 Å². The molecule has 0 saturated carbocycles. The van der Waals surface area contributed by atoms with Gasteiger partial charge in [0.25, 0.3) is 0 Å². The Hall–Kier alpha value is 0.0200. The monoisotopic (exact) mass is 393 g/mol. The molecule has 0 spiro atoms. The van der Waals surface area contributed by atoms with E-state index in [-0.39, 0.29) is 0 Å². The van der Waals surface area contributed by atoms with Crippen LogP contribution >= 0.6 is 47.8 Å². The molecule has 0 aliphatic heterocycles. The van der Waals surface area contributed by atoms with Crippen LogP contribution in [-0.2, 0) is 0 Å². The molecule has 4 heteroatoms. The Balaban J connectivity index is 2.65. The average molecular weight is 396 g/mol. The number of hydrogen-bond acceptors (Lipinski definition) is 1. The maximum Gasteiger partial charge on any atom is 0.0629 e. The summed E-state index contributed by atoms with van der Waals surface area (Å²) in [6.07, 6.45) is 6.97. The van der Waals surface area contributed by atoms with Crippen LogP contribution in [0.4, 0.5) is 5.69 Å². The third kappa shape index (κ3) is 4.18. The van der Waals surface area contributed by atoms with Gasteiger partial charge in [0.05, 0.1) is 5.69 Å². The molecule has 1 aromatic carbocycles. The van der Waals surface area contributed by atoms with Crippen molar-refractivity contribution in [1.29, 1.82) is 0 Å². The first-order valence-electron chi connectivity index (χ1n) is 4.47. The summed E-state index contributed by atoms with van der Waals surface area (Å²) in [4.78, 5) is 0. The fourth-order valence-electron chi connectivity index (χ4n) is 1.11. The number of hydrogen-bond donors (Lipinski definition) is 1. The number of halogens is 3. The van der Waals surface area contributed by atoms with Gasteiger partial charge in [0.2, 0.25) is 0 Å². The van der Waals surface area contributed by atoms with Gasteiger partial charge in [0.1, 0.15) is 0 Å². The first-order valence-corrected chi connectivity index (χ1v) is 6.85. The second-order valence-electron chi connectivity index (χ2n) is 2.98. The van der Waals surface area contributed by atoms with Crippen molar-refractivity contribution in [2.75, 3.05) is 11.9 Å². The van der Waals surface area contributed by atoms with Crippen molar-refractivity contribution >= 4 is 53.5 Å². The fourth-order valence-corrected chi connectivity index (χ4v) is 3.65. The van der Waals surface area contributed by atoms with Crippen molar-refractivity contribution in [1.82, 2.24) is 0 Å². The maximum absolute atomic E-state index is 5.19. The van der Waals surface area contributed by atoms with E-state index in [0.29, 0.717) is 0 Å². The second kappa shape index (κ2) is 6.57. The number of unbranched alkanes of at least 4 members (excludes halogenated alkanes) is 1. The Bertz CT molecular complexity index is 359. The Morgan fingerprint density at radius 1 is 1.20 bits per heavy atom. The lowest BCUT2D eigenvalue weighted by Gasteiger charge is -2.10. The van der Waals surface area contributed by atoms with Crippen LogP contribution in [0.25, 0.3) is 0 Å². The quantitative estimate of drug-likeness (QED) is 0.570. The van der Waals surface area contributed by atoms with E-state index in [1.807, 2.05) is 12.1 Å². The number of benzene rings is 1. The van der Waals surface area contributed by atoms with Gasteiger partial charge >= 0.3 is 0 Å². The number of anilines is 1. The molecule has 1 nitrogen and oxygen atoms in total. The fraction of sp³-hybridized carbons (Fsp3) is 0.273. The minimum Gasteiger partial charge on any atom is -0.383 e. The van der Waals surface area contributed by atoms with Crippen LogP contribution in [0.2, 0.25) is 0 Å². The van der Waals surface area contributed by atoms with Crippen molar-refractivity contribution in [3.05, 3.63) is 25.6 Å². The standard InChI is InChI=1S/C11H10Br3N/c1-2-3-4-5-15-11-9(13)6-8(12)7-10(11)14/h1,6-7,15H,3-5H2. The molecule has 0 aromatic heterocycles. The summed E-state index contributed by atoms with van der Waals surface area (Å²) in [7, 11) is 0. The summed E-state index contributed by atoms with van der Waals surface area (Å²) >= 11 is 10.4. The van der Waals surface area contributed by atoms with Gasteiger partial charge in [0.15, 0.2) is 0 Å². The highest BCUT2D eigenvalue weighted by Crippen LogP contribution is 2.34. The largest absolute Gasteiger partial charge is 0.383 e. The zero-order valence-electron chi connectivity index (χ0n) is 7.99. The van der Waals surface area contributed by atoms with Crippen LogP contribution in [-0.4, -0.2) is 6.54 Å². The van der Waals surface area contributed by atoms with Gasteiger partial charge in [-0.2, -0.15) is 0 Å². The molecule has 0 aliphatic carbocycles. The molecule has 0 saturated heterocycles. The topological polar surface area (TPSA) is 12.0 Å². The van der Waals surface area contributed by atoms with E-state index < -0.39 is 0 Å². The molecule has 1 aromatic rings. The Kier molecular flexibility index (Phi) is 5.73. The highest BCUT2D eigenvalue weighted by Gasteiger charge is 2.05. The van der Waals surface area contributed by atoms with Gasteiger partial charge < -0.3 is 5.32 Å². The SMILES string of the molecule is C#CCCCNc1c(Br)cc(Br)cc1Br. The van der Waals surface area contributed by atoms with Crippen LogP contribution in [0.1, 0.15) is 12.8 Å². The lowest BCUT2D eigenvalue weighted by Crippen LogP contribution is -2.02. The summed E-state index contributed by atoms with van der Waals surface area (Å²) in [5, 5.41) is 3.33. The molecule has 0 amide bonds. The first-order chi connectivity index (χ1) is 7.15. The van der Waals surface area contributed by atoms with Crippen LogP contribution < -0.4 is 5.32 Å². The van der Waals surface area contributed by atoms with Crippen LogP contribution in [0, 0.1) is 12.3 Å². The smallest absolute Gasteiger partial charge is 0.0629 e. The van der Waals surface area contributed by atoms with Crippen molar-refractivity contribution in [3.8, 4) is 12.3 Å². The van der Waals surface area contributed by atoms with E-state index in [0.717, 1.165) is 38.5 Å². The third-order valence-electron chi connectivity index (χ3n) is 1.81. The minimum absolute atomic E-state index is 0.804. The van der Waals surface area contributed by atoms with Crippen LogP contribution in [0.5, 0.6) is 0 Å². The molecule has 1 N–H and O–H groups in total. The van der Waals surface area contributed by atoms with E-state index >= 15 is 0 Å². The summed E-state index contributed by atoms with van der Waals surface area (Å²) < 4.78 is 3.10. The molecule has 0 unspecified atom stereocenters. The van der Waals surface area contributed by atoms with Crippen LogP contribution in [0.3, 0.4) is 0 Å². The molecule has 0 bridgehead atoms. The lowest BCUT2D eigenvalue weighted by atomic mass is 10.3.